The highest BCUT2D eigenvalue weighted by molar-refractivity contribution is 5.92. The lowest BCUT2D eigenvalue weighted by Crippen LogP contribution is -2.48. The van der Waals surface area contributed by atoms with Crippen molar-refractivity contribution in [2.75, 3.05) is 37.6 Å². The number of amides is 2. The first-order valence-corrected chi connectivity index (χ1v) is 7.65. The van der Waals surface area contributed by atoms with Crippen LogP contribution < -0.4 is 10.2 Å². The molecule has 0 bridgehead atoms. The van der Waals surface area contributed by atoms with Gasteiger partial charge in [0, 0.05) is 45.3 Å². The summed E-state index contributed by atoms with van der Waals surface area (Å²) in [6.45, 7) is 8.74. The van der Waals surface area contributed by atoms with Crippen LogP contribution in [-0.4, -0.2) is 59.4 Å². The number of aromatic nitrogens is 2. The van der Waals surface area contributed by atoms with E-state index in [2.05, 4.69) is 15.3 Å². The van der Waals surface area contributed by atoms with Crippen LogP contribution in [0.3, 0.4) is 0 Å². The first-order valence-electron chi connectivity index (χ1n) is 7.65. The fourth-order valence-electron chi connectivity index (χ4n) is 2.36. The van der Waals surface area contributed by atoms with Gasteiger partial charge >= 0.3 is 0 Å². The standard InChI is InChI=1S/C15H23N5O2/c1-4-5-16-14(22)13-10-11(2)17-15(18-13)20-8-6-19(7-9-20)12(3)21/h10H,4-9H2,1-3H3,(H,16,22). The van der Waals surface area contributed by atoms with Crippen molar-refractivity contribution in [1.82, 2.24) is 20.2 Å². The average Bonchev–Trinajstić information content (AvgIpc) is 2.52. The Labute approximate surface area is 130 Å². The molecule has 0 saturated carbocycles. The van der Waals surface area contributed by atoms with E-state index in [1.54, 1.807) is 17.9 Å². The number of hydrogen-bond donors (Lipinski definition) is 1. The summed E-state index contributed by atoms with van der Waals surface area (Å²) in [7, 11) is 0. The minimum Gasteiger partial charge on any atom is -0.351 e. The molecule has 0 unspecified atom stereocenters. The minimum absolute atomic E-state index is 0.0874. The molecule has 0 radical (unpaired) electrons. The molecule has 22 heavy (non-hydrogen) atoms. The van der Waals surface area contributed by atoms with E-state index in [-0.39, 0.29) is 11.8 Å². The van der Waals surface area contributed by atoms with Gasteiger partial charge < -0.3 is 15.1 Å². The molecule has 1 saturated heterocycles. The molecule has 7 heteroatoms. The first kappa shape index (κ1) is 16.2. The van der Waals surface area contributed by atoms with E-state index in [1.165, 1.54) is 0 Å². The van der Waals surface area contributed by atoms with E-state index >= 15 is 0 Å². The molecule has 120 valence electrons. The predicted octanol–water partition coefficient (Wildman–Crippen LogP) is 0.593. The van der Waals surface area contributed by atoms with Gasteiger partial charge in [-0.25, -0.2) is 9.97 Å². The largest absolute Gasteiger partial charge is 0.351 e. The number of piperazine rings is 1. The van der Waals surface area contributed by atoms with Crippen molar-refractivity contribution in [3.05, 3.63) is 17.5 Å². The van der Waals surface area contributed by atoms with Gasteiger partial charge in [0.25, 0.3) is 5.91 Å². The zero-order valence-corrected chi connectivity index (χ0v) is 13.4. The van der Waals surface area contributed by atoms with Gasteiger partial charge in [-0.1, -0.05) is 6.92 Å². The third-order valence-electron chi connectivity index (χ3n) is 3.62. The Morgan fingerprint density at radius 1 is 1.23 bits per heavy atom. The molecular formula is C15H23N5O2. The molecule has 0 atom stereocenters. The highest BCUT2D eigenvalue weighted by atomic mass is 16.2. The van der Waals surface area contributed by atoms with Gasteiger partial charge in [-0.15, -0.1) is 0 Å². The van der Waals surface area contributed by atoms with Gasteiger partial charge in [0.15, 0.2) is 0 Å². The van der Waals surface area contributed by atoms with Crippen molar-refractivity contribution in [1.29, 1.82) is 0 Å². The van der Waals surface area contributed by atoms with E-state index in [0.717, 1.165) is 12.1 Å². The molecule has 0 aromatic carbocycles. The SMILES string of the molecule is CCCNC(=O)c1cc(C)nc(N2CCN(C(C)=O)CC2)n1. The Morgan fingerprint density at radius 3 is 2.50 bits per heavy atom. The maximum atomic E-state index is 12.1. The number of hydrogen-bond acceptors (Lipinski definition) is 5. The number of aryl methyl sites for hydroxylation is 1. The van der Waals surface area contributed by atoms with E-state index in [0.29, 0.717) is 44.4 Å². The third-order valence-corrected chi connectivity index (χ3v) is 3.62. The van der Waals surface area contributed by atoms with Crippen LogP contribution in [-0.2, 0) is 4.79 Å². The van der Waals surface area contributed by atoms with Crippen molar-refractivity contribution in [3.8, 4) is 0 Å². The smallest absolute Gasteiger partial charge is 0.270 e. The van der Waals surface area contributed by atoms with Crippen LogP contribution in [0, 0.1) is 6.92 Å². The van der Waals surface area contributed by atoms with Gasteiger partial charge in [-0.05, 0) is 19.4 Å². The van der Waals surface area contributed by atoms with Crippen molar-refractivity contribution in [2.24, 2.45) is 0 Å². The first-order chi connectivity index (χ1) is 10.5. The maximum Gasteiger partial charge on any atom is 0.270 e. The molecule has 7 nitrogen and oxygen atoms in total. The van der Waals surface area contributed by atoms with Crippen LogP contribution >= 0.6 is 0 Å². The molecule has 0 spiro atoms. The van der Waals surface area contributed by atoms with Crippen molar-refractivity contribution < 1.29 is 9.59 Å². The second-order valence-corrected chi connectivity index (χ2v) is 5.44. The predicted molar refractivity (Wildman–Crippen MR) is 83.9 cm³/mol. The van der Waals surface area contributed by atoms with E-state index in [4.69, 9.17) is 0 Å². The van der Waals surface area contributed by atoms with E-state index in [1.807, 2.05) is 18.7 Å². The Balaban J connectivity index is 2.10. The summed E-state index contributed by atoms with van der Waals surface area (Å²) in [4.78, 5) is 36.0. The van der Waals surface area contributed by atoms with Gasteiger partial charge in [0.05, 0.1) is 0 Å². The molecule has 1 aliphatic rings. The molecule has 2 rings (SSSR count). The number of anilines is 1. The zero-order chi connectivity index (χ0) is 16.1. The van der Waals surface area contributed by atoms with Crippen LogP contribution in [0.1, 0.15) is 36.5 Å². The minimum atomic E-state index is -0.170. The lowest BCUT2D eigenvalue weighted by molar-refractivity contribution is -0.129. The summed E-state index contributed by atoms with van der Waals surface area (Å²) in [5.74, 6) is 0.477. The maximum absolute atomic E-state index is 12.1. The Kier molecular flexibility index (Phi) is 5.30. The zero-order valence-electron chi connectivity index (χ0n) is 13.4. The molecule has 1 aromatic rings. The van der Waals surface area contributed by atoms with Crippen molar-refractivity contribution in [3.63, 3.8) is 0 Å². The quantitative estimate of drug-likeness (QED) is 0.881. The fraction of sp³-hybridized carbons (Fsp3) is 0.600. The summed E-state index contributed by atoms with van der Waals surface area (Å²) in [6, 6.07) is 1.69. The number of carbonyl (C=O) groups is 2. The molecule has 0 aliphatic carbocycles. The lowest BCUT2D eigenvalue weighted by atomic mass is 10.3. The second kappa shape index (κ2) is 7.20. The highest BCUT2D eigenvalue weighted by Crippen LogP contribution is 2.13. The fourth-order valence-corrected chi connectivity index (χ4v) is 2.36. The monoisotopic (exact) mass is 305 g/mol. The average molecular weight is 305 g/mol. The molecule has 1 N–H and O–H groups in total. The Morgan fingerprint density at radius 2 is 1.91 bits per heavy atom. The van der Waals surface area contributed by atoms with Gasteiger partial charge in [-0.3, -0.25) is 9.59 Å². The highest BCUT2D eigenvalue weighted by Gasteiger charge is 2.21. The summed E-state index contributed by atoms with van der Waals surface area (Å²) >= 11 is 0. The topological polar surface area (TPSA) is 78.4 Å². The summed E-state index contributed by atoms with van der Waals surface area (Å²) < 4.78 is 0. The number of nitrogens with zero attached hydrogens (tertiary/aromatic N) is 4. The van der Waals surface area contributed by atoms with Crippen LogP contribution in [0.15, 0.2) is 6.07 Å². The second-order valence-electron chi connectivity index (χ2n) is 5.44. The van der Waals surface area contributed by atoms with Crippen molar-refractivity contribution in [2.45, 2.75) is 27.2 Å². The number of nitrogens with one attached hydrogen (secondary N) is 1. The van der Waals surface area contributed by atoms with Crippen LogP contribution in [0.4, 0.5) is 5.95 Å². The third kappa shape index (κ3) is 3.93. The van der Waals surface area contributed by atoms with Crippen LogP contribution in [0.25, 0.3) is 0 Å². The van der Waals surface area contributed by atoms with Crippen LogP contribution in [0.2, 0.25) is 0 Å². The summed E-state index contributed by atoms with van der Waals surface area (Å²) in [5.41, 5.74) is 1.16. The van der Waals surface area contributed by atoms with Gasteiger partial charge in [0.1, 0.15) is 5.69 Å². The summed E-state index contributed by atoms with van der Waals surface area (Å²) in [6.07, 6.45) is 0.885. The summed E-state index contributed by atoms with van der Waals surface area (Å²) in [5, 5.41) is 2.83. The molecule has 2 amide bonds. The number of carbonyl (C=O) groups excluding carboxylic acids is 2. The van der Waals surface area contributed by atoms with E-state index in [9.17, 15) is 9.59 Å². The van der Waals surface area contributed by atoms with Gasteiger partial charge in [0.2, 0.25) is 11.9 Å². The lowest BCUT2D eigenvalue weighted by Gasteiger charge is -2.34. The Hall–Kier alpha value is -2.18. The molecule has 1 fully saturated rings. The van der Waals surface area contributed by atoms with Crippen LogP contribution in [0.5, 0.6) is 0 Å². The van der Waals surface area contributed by atoms with E-state index < -0.39 is 0 Å². The molecule has 2 heterocycles. The molecular weight excluding hydrogens is 282 g/mol. The number of rotatable bonds is 4. The molecule has 1 aliphatic heterocycles. The Bertz CT molecular complexity index is 553. The van der Waals surface area contributed by atoms with Crippen molar-refractivity contribution >= 4 is 17.8 Å². The molecule has 1 aromatic heterocycles. The van der Waals surface area contributed by atoms with Gasteiger partial charge in [-0.2, -0.15) is 0 Å². The normalized spacial score (nSPS) is 14.9.